The van der Waals surface area contributed by atoms with E-state index in [1.807, 2.05) is 18.2 Å². The Morgan fingerprint density at radius 2 is 1.63 bits per heavy atom. The highest BCUT2D eigenvalue weighted by atomic mass is 35.5. The molecule has 1 heterocycles. The van der Waals surface area contributed by atoms with E-state index in [4.69, 9.17) is 27.9 Å². The van der Waals surface area contributed by atoms with Crippen molar-refractivity contribution in [1.29, 1.82) is 0 Å². The van der Waals surface area contributed by atoms with Crippen LogP contribution in [0.4, 0.5) is 4.79 Å². The zero-order valence-corrected chi connectivity index (χ0v) is 29.1. The predicted octanol–water partition coefficient (Wildman–Crippen LogP) is 5.72. The molecule has 3 atom stereocenters. The molecule has 0 spiro atoms. The summed E-state index contributed by atoms with van der Waals surface area (Å²) in [6.07, 6.45) is 8.28. The molecular formula is C37H44Cl2N4O6. The normalized spacial score (nSPS) is 21.2. The molecule has 6 rings (SSSR count). The molecule has 3 aliphatic carbocycles. The average molecular weight is 712 g/mol. The summed E-state index contributed by atoms with van der Waals surface area (Å²) in [5.41, 5.74) is 0.527. The monoisotopic (exact) mass is 710 g/mol. The summed E-state index contributed by atoms with van der Waals surface area (Å²) in [5, 5.41) is 9.35. The lowest BCUT2D eigenvalue weighted by atomic mass is 9.83. The van der Waals surface area contributed by atoms with Gasteiger partial charge in [0.15, 0.2) is 0 Å². The summed E-state index contributed by atoms with van der Waals surface area (Å²) in [7, 11) is 0. The molecule has 49 heavy (non-hydrogen) atoms. The Labute approximate surface area is 297 Å². The molecule has 0 radical (unpaired) electrons. The number of ether oxygens (including phenoxy) is 1. The molecule has 1 aliphatic heterocycles. The summed E-state index contributed by atoms with van der Waals surface area (Å²) in [6, 6.07) is 11.8. The highest BCUT2D eigenvalue weighted by molar-refractivity contribution is 6.38. The number of benzene rings is 2. The predicted molar refractivity (Wildman–Crippen MR) is 185 cm³/mol. The molecule has 3 saturated carbocycles. The van der Waals surface area contributed by atoms with E-state index >= 15 is 0 Å². The van der Waals surface area contributed by atoms with Crippen molar-refractivity contribution >= 4 is 52.8 Å². The van der Waals surface area contributed by atoms with Crippen molar-refractivity contribution < 1.29 is 28.7 Å². The lowest BCUT2D eigenvalue weighted by Crippen LogP contribution is -2.57. The van der Waals surface area contributed by atoms with Crippen LogP contribution in [0.2, 0.25) is 10.0 Å². The maximum Gasteiger partial charge on any atom is 0.415 e. The van der Waals surface area contributed by atoms with Gasteiger partial charge in [0.1, 0.15) is 11.8 Å². The number of Topliss-reactive ketones (excluding diaryl/α,β-unsaturated/α-hetero) is 1. The summed E-state index contributed by atoms with van der Waals surface area (Å²) >= 11 is 12.6. The summed E-state index contributed by atoms with van der Waals surface area (Å²) in [6.45, 7) is 0.648. The Morgan fingerprint density at radius 3 is 2.27 bits per heavy atom. The van der Waals surface area contributed by atoms with E-state index in [1.165, 1.54) is 11.0 Å². The van der Waals surface area contributed by atoms with Gasteiger partial charge in [-0.2, -0.15) is 0 Å². The van der Waals surface area contributed by atoms with E-state index in [1.54, 1.807) is 24.3 Å². The summed E-state index contributed by atoms with van der Waals surface area (Å²) < 4.78 is 5.89. The first-order valence-corrected chi connectivity index (χ1v) is 18.3. The maximum absolute atomic E-state index is 14.6. The molecule has 262 valence electrons. The van der Waals surface area contributed by atoms with Crippen molar-refractivity contribution in [2.75, 3.05) is 13.1 Å². The van der Waals surface area contributed by atoms with Crippen molar-refractivity contribution in [1.82, 2.24) is 20.9 Å². The van der Waals surface area contributed by atoms with Crippen LogP contribution in [0.25, 0.3) is 0 Å². The second-order valence-electron chi connectivity index (χ2n) is 14.2. The molecule has 0 aromatic heterocycles. The molecule has 4 fully saturated rings. The Kier molecular flexibility index (Phi) is 11.1. The maximum atomic E-state index is 14.6. The minimum Gasteiger partial charge on any atom is -0.410 e. The fraction of sp³-hybridized carbons (Fsp3) is 0.541. The van der Waals surface area contributed by atoms with Gasteiger partial charge in [0.25, 0.3) is 5.91 Å². The molecule has 12 heteroatoms. The van der Waals surface area contributed by atoms with Crippen LogP contribution in [0.5, 0.6) is 5.75 Å². The Hall–Kier alpha value is -3.63. The van der Waals surface area contributed by atoms with Gasteiger partial charge in [0.2, 0.25) is 17.6 Å². The van der Waals surface area contributed by atoms with Crippen LogP contribution < -0.4 is 20.7 Å². The van der Waals surface area contributed by atoms with Crippen LogP contribution in [0.1, 0.15) is 82.6 Å². The van der Waals surface area contributed by atoms with Gasteiger partial charge in [-0.3, -0.25) is 24.1 Å². The largest absolute Gasteiger partial charge is 0.415 e. The van der Waals surface area contributed by atoms with Crippen LogP contribution in [-0.2, 0) is 24.6 Å². The minimum absolute atomic E-state index is 0.00987. The van der Waals surface area contributed by atoms with Gasteiger partial charge in [-0.05, 0) is 86.8 Å². The first-order chi connectivity index (χ1) is 23.6. The number of hydrogen-bond donors (Lipinski definition) is 3. The number of hydrogen-bond acceptors (Lipinski definition) is 6. The third kappa shape index (κ3) is 9.14. The molecular weight excluding hydrogens is 667 g/mol. The SMILES string of the molecule is O=C(NC1CC1)C(=O)[C@H](C[C@@H]1CCNC1=O)NC(=O)[C@H](CC1CCCCC1)N(CC1(c2cccc(Cl)c2)CC1)C(=O)Oc1cccc(Cl)c1. The summed E-state index contributed by atoms with van der Waals surface area (Å²) in [4.78, 5) is 69.5. The van der Waals surface area contributed by atoms with Gasteiger partial charge < -0.3 is 20.7 Å². The van der Waals surface area contributed by atoms with Crippen molar-refractivity contribution in [2.45, 2.75) is 101 Å². The lowest BCUT2D eigenvalue weighted by Gasteiger charge is -2.36. The minimum atomic E-state index is -1.23. The smallest absolute Gasteiger partial charge is 0.410 e. The number of nitrogens with zero attached hydrogens (tertiary/aromatic N) is 1. The number of amides is 4. The van der Waals surface area contributed by atoms with Crippen molar-refractivity contribution in [3.63, 3.8) is 0 Å². The molecule has 4 aliphatic rings. The van der Waals surface area contributed by atoms with Gasteiger partial charge in [0.05, 0.1) is 6.04 Å². The van der Waals surface area contributed by atoms with Gasteiger partial charge in [-0.25, -0.2) is 4.79 Å². The molecule has 2 aromatic rings. The van der Waals surface area contributed by atoms with Crippen LogP contribution in [0.3, 0.4) is 0 Å². The standard InChI is InChI=1S/C37H44Cl2N4O6/c38-26-9-4-8-25(20-26)37(15-16-37)22-43(36(48)49-29-11-5-10-27(39)21-29)31(18-23-6-2-1-3-7-23)34(46)42-30(19-24-14-17-40-33(24)45)32(44)35(47)41-28-12-13-28/h4-5,8-11,20-21,23-24,28,30-31H,1-3,6-7,12-19,22H2,(H,40,45)(H,41,47)(H,42,46)/t24-,30-,31-/m0/s1. The third-order valence-corrected chi connectivity index (χ3v) is 10.9. The molecule has 10 nitrogen and oxygen atoms in total. The number of rotatable bonds is 14. The van der Waals surface area contributed by atoms with Crippen LogP contribution in [-0.4, -0.2) is 65.7 Å². The highest BCUT2D eigenvalue weighted by Crippen LogP contribution is 2.50. The van der Waals surface area contributed by atoms with Gasteiger partial charge in [0, 0.05) is 40.5 Å². The Bertz CT molecular complexity index is 1570. The van der Waals surface area contributed by atoms with Crippen molar-refractivity contribution in [3.8, 4) is 5.75 Å². The summed E-state index contributed by atoms with van der Waals surface area (Å²) in [5.74, 6) is -2.44. The quantitative estimate of drug-likeness (QED) is 0.215. The number of carbonyl (C=O) groups excluding carboxylic acids is 5. The van der Waals surface area contributed by atoms with Crippen LogP contribution in [0, 0.1) is 11.8 Å². The fourth-order valence-electron chi connectivity index (χ4n) is 7.24. The van der Waals surface area contributed by atoms with E-state index in [9.17, 15) is 24.0 Å². The molecule has 2 aromatic carbocycles. The molecule has 0 bridgehead atoms. The number of carbonyl (C=O) groups is 5. The Balaban J connectivity index is 1.32. The molecule has 0 unspecified atom stereocenters. The second-order valence-corrected chi connectivity index (χ2v) is 15.1. The van der Waals surface area contributed by atoms with Crippen molar-refractivity contribution in [2.24, 2.45) is 11.8 Å². The van der Waals surface area contributed by atoms with Crippen LogP contribution in [0.15, 0.2) is 48.5 Å². The van der Waals surface area contributed by atoms with E-state index in [0.717, 1.165) is 63.4 Å². The van der Waals surface area contributed by atoms with E-state index in [-0.39, 0.29) is 36.6 Å². The topological polar surface area (TPSA) is 134 Å². The highest BCUT2D eigenvalue weighted by Gasteiger charge is 2.49. The third-order valence-electron chi connectivity index (χ3n) is 10.4. The van der Waals surface area contributed by atoms with Gasteiger partial charge in [-0.15, -0.1) is 0 Å². The van der Waals surface area contributed by atoms with Crippen LogP contribution >= 0.6 is 23.2 Å². The second kappa shape index (κ2) is 15.5. The van der Waals surface area contributed by atoms with E-state index in [0.29, 0.717) is 29.4 Å². The van der Waals surface area contributed by atoms with Crippen molar-refractivity contribution in [3.05, 3.63) is 64.1 Å². The molecule has 1 saturated heterocycles. The first-order valence-electron chi connectivity index (χ1n) is 17.5. The number of halogens is 2. The molecule has 4 amide bonds. The van der Waals surface area contributed by atoms with E-state index in [2.05, 4.69) is 16.0 Å². The number of nitrogens with one attached hydrogen (secondary N) is 3. The number of ketones is 1. The fourth-order valence-corrected chi connectivity index (χ4v) is 7.61. The zero-order chi connectivity index (χ0) is 34.5. The Morgan fingerprint density at radius 1 is 0.918 bits per heavy atom. The lowest BCUT2D eigenvalue weighted by molar-refractivity contribution is -0.141. The molecule has 3 N–H and O–H groups in total. The first kappa shape index (κ1) is 35.2. The van der Waals surface area contributed by atoms with Gasteiger partial charge >= 0.3 is 6.09 Å². The van der Waals surface area contributed by atoms with E-state index < -0.39 is 47.1 Å². The van der Waals surface area contributed by atoms with Gasteiger partial charge in [-0.1, -0.05) is 73.5 Å². The zero-order valence-electron chi connectivity index (χ0n) is 27.6. The average Bonchev–Trinajstić information content (AvgIpc) is 4.02.